The number of aliphatic hydroxyl groups excluding tert-OH is 1. The average molecular weight is 327 g/mol. The van der Waals surface area contributed by atoms with Crippen LogP contribution in [0.3, 0.4) is 0 Å². The van der Waals surface area contributed by atoms with Crippen molar-refractivity contribution in [3.63, 3.8) is 0 Å². The van der Waals surface area contributed by atoms with E-state index in [9.17, 15) is 5.11 Å². The Labute approximate surface area is 124 Å². The maximum absolute atomic E-state index is 10.1. The van der Waals surface area contributed by atoms with Gasteiger partial charge < -0.3 is 15.3 Å². The van der Waals surface area contributed by atoms with Crippen LogP contribution in [0.4, 0.5) is 5.69 Å². The van der Waals surface area contributed by atoms with Crippen molar-refractivity contribution >= 4 is 21.6 Å². The fraction of sp³-hybridized carbons (Fsp3) is 0.600. The van der Waals surface area contributed by atoms with Crippen molar-refractivity contribution in [1.29, 1.82) is 0 Å². The van der Waals surface area contributed by atoms with E-state index in [1.807, 2.05) is 0 Å². The number of anilines is 1. The number of aliphatic hydroxyl groups is 1. The van der Waals surface area contributed by atoms with Crippen molar-refractivity contribution in [2.75, 3.05) is 24.5 Å². The highest BCUT2D eigenvalue weighted by atomic mass is 79.9. The van der Waals surface area contributed by atoms with Crippen LogP contribution in [0.2, 0.25) is 0 Å². The van der Waals surface area contributed by atoms with Gasteiger partial charge in [0.1, 0.15) is 0 Å². The molecule has 0 aromatic heterocycles. The lowest BCUT2D eigenvalue weighted by Crippen LogP contribution is -2.43. The van der Waals surface area contributed by atoms with Crippen LogP contribution in [0.1, 0.15) is 25.8 Å². The summed E-state index contributed by atoms with van der Waals surface area (Å²) in [6.45, 7) is 7.84. The Bertz CT molecular complexity index is 425. The lowest BCUT2D eigenvalue weighted by Gasteiger charge is -2.37. The Kier molecular flexibility index (Phi) is 5.25. The number of hydrogen-bond acceptors (Lipinski definition) is 3. The number of nitrogens with zero attached hydrogens (tertiary/aromatic N) is 1. The van der Waals surface area contributed by atoms with Crippen molar-refractivity contribution in [3.8, 4) is 0 Å². The minimum Gasteiger partial charge on any atom is -0.391 e. The van der Waals surface area contributed by atoms with E-state index in [1.54, 1.807) is 0 Å². The van der Waals surface area contributed by atoms with Gasteiger partial charge in [0, 0.05) is 29.8 Å². The highest BCUT2D eigenvalue weighted by molar-refractivity contribution is 9.10. The fourth-order valence-corrected chi connectivity index (χ4v) is 2.94. The third-order valence-electron chi connectivity index (χ3n) is 3.87. The molecule has 0 bridgehead atoms. The Morgan fingerprint density at radius 1 is 1.47 bits per heavy atom. The van der Waals surface area contributed by atoms with Crippen molar-refractivity contribution in [2.45, 2.75) is 32.9 Å². The summed E-state index contributed by atoms with van der Waals surface area (Å²) in [4.78, 5) is 2.31. The van der Waals surface area contributed by atoms with Gasteiger partial charge in [-0.25, -0.2) is 0 Å². The second-order valence-electron chi connectivity index (χ2n) is 5.33. The molecule has 0 amide bonds. The number of hydrogen-bond donors (Lipinski definition) is 2. The first-order valence-electron chi connectivity index (χ1n) is 7.04. The maximum Gasteiger partial charge on any atom is 0.0741 e. The SMILES string of the molecule is CCNCc1cc(Br)ccc1N1CCC(C)C(O)C1. The third-order valence-corrected chi connectivity index (χ3v) is 4.36. The maximum atomic E-state index is 10.1. The molecule has 0 aliphatic carbocycles. The van der Waals surface area contributed by atoms with E-state index in [4.69, 9.17) is 0 Å². The first-order valence-corrected chi connectivity index (χ1v) is 7.83. The lowest BCUT2D eigenvalue weighted by molar-refractivity contribution is 0.103. The van der Waals surface area contributed by atoms with Gasteiger partial charge in [0.25, 0.3) is 0 Å². The lowest BCUT2D eigenvalue weighted by atomic mass is 9.95. The summed E-state index contributed by atoms with van der Waals surface area (Å²) in [6, 6.07) is 6.40. The van der Waals surface area contributed by atoms with E-state index in [0.717, 1.165) is 37.1 Å². The molecule has 1 aromatic rings. The molecule has 1 aliphatic rings. The van der Waals surface area contributed by atoms with E-state index in [0.29, 0.717) is 5.92 Å². The number of piperidine rings is 1. The smallest absolute Gasteiger partial charge is 0.0741 e. The molecule has 2 unspecified atom stereocenters. The van der Waals surface area contributed by atoms with Gasteiger partial charge in [0.15, 0.2) is 0 Å². The summed E-state index contributed by atoms with van der Waals surface area (Å²) in [5.74, 6) is 0.406. The first kappa shape index (κ1) is 14.8. The molecule has 1 saturated heterocycles. The predicted octanol–water partition coefficient (Wildman–Crippen LogP) is 2.77. The summed E-state index contributed by atoms with van der Waals surface area (Å²) < 4.78 is 1.11. The van der Waals surface area contributed by atoms with Crippen LogP contribution in [0, 0.1) is 5.92 Å². The molecule has 0 saturated carbocycles. The number of nitrogens with one attached hydrogen (secondary N) is 1. The van der Waals surface area contributed by atoms with Gasteiger partial charge in [-0.1, -0.05) is 29.8 Å². The van der Waals surface area contributed by atoms with E-state index in [1.165, 1.54) is 11.3 Å². The quantitative estimate of drug-likeness (QED) is 0.893. The van der Waals surface area contributed by atoms with Crippen molar-refractivity contribution in [3.05, 3.63) is 28.2 Å². The largest absolute Gasteiger partial charge is 0.391 e. The summed E-state index contributed by atoms with van der Waals surface area (Å²) in [5.41, 5.74) is 2.54. The molecular formula is C15H23BrN2O. The van der Waals surface area contributed by atoms with Crippen LogP contribution >= 0.6 is 15.9 Å². The number of halogens is 1. The second kappa shape index (κ2) is 6.73. The zero-order valence-corrected chi connectivity index (χ0v) is 13.3. The molecule has 2 N–H and O–H groups in total. The van der Waals surface area contributed by atoms with Gasteiger partial charge in [-0.05, 0) is 42.6 Å². The van der Waals surface area contributed by atoms with E-state index < -0.39 is 0 Å². The Balaban J connectivity index is 2.18. The molecule has 106 valence electrons. The van der Waals surface area contributed by atoms with Crippen molar-refractivity contribution < 1.29 is 5.11 Å². The van der Waals surface area contributed by atoms with Gasteiger partial charge in [-0.2, -0.15) is 0 Å². The molecule has 1 aliphatic heterocycles. The van der Waals surface area contributed by atoms with Gasteiger partial charge in [0.05, 0.1) is 6.10 Å². The topological polar surface area (TPSA) is 35.5 Å². The average Bonchev–Trinajstić information content (AvgIpc) is 2.40. The van der Waals surface area contributed by atoms with Crippen LogP contribution in [-0.4, -0.2) is 30.8 Å². The van der Waals surface area contributed by atoms with Crippen molar-refractivity contribution in [1.82, 2.24) is 5.32 Å². The van der Waals surface area contributed by atoms with E-state index in [-0.39, 0.29) is 6.10 Å². The zero-order chi connectivity index (χ0) is 13.8. The van der Waals surface area contributed by atoms with Crippen LogP contribution < -0.4 is 10.2 Å². The number of rotatable bonds is 4. The van der Waals surface area contributed by atoms with Gasteiger partial charge in [-0.15, -0.1) is 0 Å². The summed E-state index contributed by atoms with van der Waals surface area (Å²) >= 11 is 3.54. The highest BCUT2D eigenvalue weighted by Crippen LogP contribution is 2.28. The highest BCUT2D eigenvalue weighted by Gasteiger charge is 2.25. The molecule has 1 aromatic carbocycles. The van der Waals surface area contributed by atoms with Crippen molar-refractivity contribution in [2.24, 2.45) is 5.92 Å². The third kappa shape index (κ3) is 3.71. The summed E-state index contributed by atoms with van der Waals surface area (Å²) in [6.07, 6.45) is 0.835. The second-order valence-corrected chi connectivity index (χ2v) is 6.25. The normalized spacial score (nSPS) is 23.7. The minimum absolute atomic E-state index is 0.218. The fourth-order valence-electron chi connectivity index (χ4n) is 2.53. The van der Waals surface area contributed by atoms with Gasteiger partial charge in [-0.3, -0.25) is 0 Å². The van der Waals surface area contributed by atoms with Gasteiger partial charge >= 0.3 is 0 Å². The zero-order valence-electron chi connectivity index (χ0n) is 11.7. The number of benzene rings is 1. The van der Waals surface area contributed by atoms with E-state index >= 15 is 0 Å². The van der Waals surface area contributed by atoms with Crippen LogP contribution in [0.25, 0.3) is 0 Å². The first-order chi connectivity index (χ1) is 9.11. The summed E-state index contributed by atoms with van der Waals surface area (Å²) in [7, 11) is 0. The molecule has 1 heterocycles. The monoisotopic (exact) mass is 326 g/mol. The molecular weight excluding hydrogens is 304 g/mol. The molecule has 0 radical (unpaired) electrons. The van der Waals surface area contributed by atoms with Crippen LogP contribution in [-0.2, 0) is 6.54 Å². The Morgan fingerprint density at radius 3 is 2.95 bits per heavy atom. The van der Waals surface area contributed by atoms with E-state index in [2.05, 4.69) is 58.2 Å². The molecule has 19 heavy (non-hydrogen) atoms. The number of β-amino-alcohol motifs (C(OH)–C–C–N with tert-alkyl or cyclic N) is 1. The predicted molar refractivity (Wildman–Crippen MR) is 83.5 cm³/mol. The molecule has 1 fully saturated rings. The van der Waals surface area contributed by atoms with Crippen LogP contribution in [0.5, 0.6) is 0 Å². The molecule has 4 heteroatoms. The minimum atomic E-state index is -0.218. The molecule has 3 nitrogen and oxygen atoms in total. The van der Waals surface area contributed by atoms with Crippen LogP contribution in [0.15, 0.2) is 22.7 Å². The Morgan fingerprint density at radius 2 is 2.26 bits per heavy atom. The van der Waals surface area contributed by atoms with Gasteiger partial charge in [0.2, 0.25) is 0 Å². The standard InChI is InChI=1S/C15H23BrN2O/c1-3-17-9-12-8-13(16)4-5-14(12)18-7-6-11(2)15(19)10-18/h4-5,8,11,15,17,19H,3,6-7,9-10H2,1-2H3. The molecule has 2 atom stereocenters. The molecule has 2 rings (SSSR count). The Hall–Kier alpha value is -0.580. The summed E-state index contributed by atoms with van der Waals surface area (Å²) in [5, 5.41) is 13.4. The molecule has 0 spiro atoms.